The minimum Gasteiger partial charge on any atom is -0.497 e. The van der Waals surface area contributed by atoms with Crippen LogP contribution in [-0.4, -0.2) is 30.7 Å². The van der Waals surface area contributed by atoms with Gasteiger partial charge in [-0.2, -0.15) is 4.98 Å². The molecule has 2 aromatic carbocycles. The second kappa shape index (κ2) is 11.7. The molecule has 0 aliphatic rings. The van der Waals surface area contributed by atoms with Crippen LogP contribution < -0.4 is 24.8 Å². The van der Waals surface area contributed by atoms with Gasteiger partial charge in [-0.15, -0.1) is 0 Å². The average molecular weight is 467 g/mol. The highest BCUT2D eigenvalue weighted by atomic mass is 16.6. The molecular weight excluding hydrogens is 436 g/mol. The number of benzene rings is 2. The predicted molar refractivity (Wildman–Crippen MR) is 132 cm³/mol. The van der Waals surface area contributed by atoms with Crippen molar-refractivity contribution < 1.29 is 19.1 Å². The number of nitrogens with zero attached hydrogens (tertiary/aromatic N) is 3. The molecule has 0 bridgehead atoms. The van der Waals surface area contributed by atoms with Gasteiger partial charge >= 0.3 is 5.69 Å². The molecule has 0 aliphatic heterocycles. The number of nitro groups is 1. The number of rotatable bonds is 12. The summed E-state index contributed by atoms with van der Waals surface area (Å²) in [6.45, 7) is 3.30. The van der Waals surface area contributed by atoms with Gasteiger partial charge in [-0.05, 0) is 41.8 Å². The molecule has 0 saturated carbocycles. The molecule has 0 atom stereocenters. The third-order valence-corrected chi connectivity index (χ3v) is 5.31. The standard InChI is InChI=1S/C25H30N4O5/c1-4-5-14-34-23-15-22(24(29(30)31)25(26)27-23)28(16-18-6-10-20(32-2)11-7-18)17-19-8-12-21(33-3)13-9-19/h6-13,15H,4-5,14,16-17H2,1-3H3,(H2,26,27). The zero-order valence-electron chi connectivity index (χ0n) is 19.7. The van der Waals surface area contributed by atoms with Crippen molar-refractivity contribution >= 4 is 17.2 Å². The number of methoxy groups -OCH3 is 2. The van der Waals surface area contributed by atoms with Gasteiger partial charge in [-0.25, -0.2) is 0 Å². The van der Waals surface area contributed by atoms with E-state index in [-0.39, 0.29) is 17.4 Å². The second-order valence-electron chi connectivity index (χ2n) is 7.72. The van der Waals surface area contributed by atoms with Gasteiger partial charge in [0.05, 0.1) is 25.7 Å². The van der Waals surface area contributed by atoms with Crippen LogP contribution >= 0.6 is 0 Å². The Hall–Kier alpha value is -4.01. The molecular formula is C25H30N4O5. The van der Waals surface area contributed by atoms with Gasteiger partial charge in [-0.1, -0.05) is 37.6 Å². The van der Waals surface area contributed by atoms with E-state index in [1.807, 2.05) is 53.4 Å². The van der Waals surface area contributed by atoms with Gasteiger partial charge in [0.25, 0.3) is 0 Å². The number of anilines is 2. The summed E-state index contributed by atoms with van der Waals surface area (Å²) in [5, 5.41) is 12.0. The quantitative estimate of drug-likeness (QED) is 0.226. The van der Waals surface area contributed by atoms with Crippen LogP contribution in [0.1, 0.15) is 30.9 Å². The SMILES string of the molecule is CCCCOc1cc(N(Cc2ccc(OC)cc2)Cc2ccc(OC)cc2)c([N+](=O)[O-])c(N)n1. The van der Waals surface area contributed by atoms with E-state index >= 15 is 0 Å². The van der Waals surface area contributed by atoms with Crippen LogP contribution in [0.5, 0.6) is 17.4 Å². The number of hydrogen-bond acceptors (Lipinski definition) is 8. The van der Waals surface area contributed by atoms with Gasteiger partial charge in [-0.3, -0.25) is 10.1 Å². The summed E-state index contributed by atoms with van der Waals surface area (Å²) in [5.41, 5.74) is 8.04. The lowest BCUT2D eigenvalue weighted by Gasteiger charge is -2.26. The number of aromatic nitrogens is 1. The summed E-state index contributed by atoms with van der Waals surface area (Å²) in [7, 11) is 3.21. The van der Waals surface area contributed by atoms with E-state index in [1.165, 1.54) is 0 Å². The maximum absolute atomic E-state index is 12.0. The molecule has 3 aromatic rings. The zero-order valence-corrected chi connectivity index (χ0v) is 19.7. The number of unbranched alkanes of at least 4 members (excludes halogenated alkanes) is 1. The third-order valence-electron chi connectivity index (χ3n) is 5.31. The number of ether oxygens (including phenoxy) is 3. The van der Waals surface area contributed by atoms with Crippen LogP contribution in [-0.2, 0) is 13.1 Å². The van der Waals surface area contributed by atoms with Gasteiger partial charge in [0.2, 0.25) is 11.7 Å². The number of hydrogen-bond donors (Lipinski definition) is 1. The summed E-state index contributed by atoms with van der Waals surface area (Å²) < 4.78 is 16.2. The second-order valence-corrected chi connectivity index (χ2v) is 7.72. The van der Waals surface area contributed by atoms with Gasteiger partial charge in [0.1, 0.15) is 17.2 Å². The van der Waals surface area contributed by atoms with Crippen molar-refractivity contribution in [1.29, 1.82) is 0 Å². The largest absolute Gasteiger partial charge is 0.497 e. The minimum atomic E-state index is -0.497. The minimum absolute atomic E-state index is 0.177. The molecule has 0 fully saturated rings. The van der Waals surface area contributed by atoms with Gasteiger partial charge in [0.15, 0.2) is 0 Å². The lowest BCUT2D eigenvalue weighted by molar-refractivity contribution is -0.383. The van der Waals surface area contributed by atoms with E-state index in [2.05, 4.69) is 11.9 Å². The summed E-state index contributed by atoms with van der Waals surface area (Å²) in [5.74, 6) is 1.55. The Morgan fingerprint density at radius 1 is 0.971 bits per heavy atom. The molecule has 1 aromatic heterocycles. The van der Waals surface area contributed by atoms with Crippen LogP contribution in [0.4, 0.5) is 17.2 Å². The van der Waals surface area contributed by atoms with E-state index in [4.69, 9.17) is 19.9 Å². The van der Waals surface area contributed by atoms with E-state index in [9.17, 15) is 10.1 Å². The van der Waals surface area contributed by atoms with Crippen LogP contribution in [0, 0.1) is 10.1 Å². The fraction of sp³-hybridized carbons (Fsp3) is 0.320. The smallest absolute Gasteiger partial charge is 0.334 e. The summed E-state index contributed by atoms with van der Waals surface area (Å²) in [6.07, 6.45) is 1.80. The molecule has 0 unspecified atom stereocenters. The summed E-state index contributed by atoms with van der Waals surface area (Å²) in [4.78, 5) is 17.5. The first kappa shape index (κ1) is 24.6. The van der Waals surface area contributed by atoms with Crippen LogP contribution in [0.2, 0.25) is 0 Å². The van der Waals surface area contributed by atoms with Crippen LogP contribution in [0.15, 0.2) is 54.6 Å². The molecule has 180 valence electrons. The molecule has 2 N–H and O–H groups in total. The van der Waals surface area contributed by atoms with Gasteiger partial charge < -0.3 is 24.8 Å². The Balaban J connectivity index is 2.03. The van der Waals surface area contributed by atoms with Crippen molar-refractivity contribution in [2.24, 2.45) is 0 Å². The Labute approximate surface area is 199 Å². The Morgan fingerprint density at radius 3 is 1.94 bits per heavy atom. The Morgan fingerprint density at radius 2 is 1.50 bits per heavy atom. The van der Waals surface area contributed by atoms with Crippen molar-refractivity contribution in [3.8, 4) is 17.4 Å². The van der Waals surface area contributed by atoms with E-state index in [0.29, 0.717) is 25.4 Å². The number of nitrogens with two attached hydrogens (primary N) is 1. The highest BCUT2D eigenvalue weighted by Gasteiger charge is 2.26. The van der Waals surface area contributed by atoms with E-state index in [0.717, 1.165) is 35.5 Å². The first-order chi connectivity index (χ1) is 16.4. The summed E-state index contributed by atoms with van der Waals surface area (Å²) >= 11 is 0. The van der Waals surface area contributed by atoms with Crippen molar-refractivity contribution in [3.63, 3.8) is 0 Å². The maximum Gasteiger partial charge on any atom is 0.334 e. The lowest BCUT2D eigenvalue weighted by Crippen LogP contribution is -2.24. The molecule has 9 nitrogen and oxygen atoms in total. The van der Waals surface area contributed by atoms with Crippen LogP contribution in [0.3, 0.4) is 0 Å². The maximum atomic E-state index is 12.0. The van der Waals surface area contributed by atoms with Crippen molar-refractivity contribution in [2.45, 2.75) is 32.9 Å². The normalized spacial score (nSPS) is 10.6. The lowest BCUT2D eigenvalue weighted by atomic mass is 10.1. The molecule has 3 rings (SSSR count). The first-order valence-corrected chi connectivity index (χ1v) is 11.0. The van der Waals surface area contributed by atoms with Crippen molar-refractivity contribution in [3.05, 3.63) is 75.8 Å². The van der Waals surface area contributed by atoms with Crippen molar-refractivity contribution in [2.75, 3.05) is 31.5 Å². The first-order valence-electron chi connectivity index (χ1n) is 11.0. The van der Waals surface area contributed by atoms with Crippen molar-refractivity contribution in [1.82, 2.24) is 4.98 Å². The monoisotopic (exact) mass is 466 g/mol. The average Bonchev–Trinajstić information content (AvgIpc) is 2.84. The van der Waals surface area contributed by atoms with Gasteiger partial charge in [0, 0.05) is 19.2 Å². The molecule has 9 heteroatoms. The highest BCUT2D eigenvalue weighted by Crippen LogP contribution is 2.37. The molecule has 0 spiro atoms. The third kappa shape index (κ3) is 6.28. The summed E-state index contributed by atoms with van der Waals surface area (Å²) in [6, 6.07) is 16.7. The fourth-order valence-corrected chi connectivity index (χ4v) is 3.47. The Kier molecular flexibility index (Phi) is 8.50. The molecule has 1 heterocycles. The number of pyridine rings is 1. The van der Waals surface area contributed by atoms with E-state index in [1.54, 1.807) is 20.3 Å². The molecule has 0 saturated heterocycles. The number of nitrogen functional groups attached to an aromatic ring is 1. The zero-order chi connectivity index (χ0) is 24.5. The predicted octanol–water partition coefficient (Wildman–Crippen LogP) is 4.97. The highest BCUT2D eigenvalue weighted by molar-refractivity contribution is 5.74. The molecule has 0 radical (unpaired) electrons. The topological polar surface area (TPSA) is 113 Å². The molecule has 34 heavy (non-hydrogen) atoms. The fourth-order valence-electron chi connectivity index (χ4n) is 3.47. The van der Waals surface area contributed by atoms with E-state index < -0.39 is 4.92 Å². The molecule has 0 aliphatic carbocycles. The molecule has 0 amide bonds. The van der Waals surface area contributed by atoms with Crippen LogP contribution in [0.25, 0.3) is 0 Å². The Bertz CT molecular complexity index is 1040.